The van der Waals surface area contributed by atoms with Crippen molar-refractivity contribution in [2.24, 2.45) is 0 Å². The molecule has 170 valence electrons. The second kappa shape index (κ2) is 10.7. The zero-order valence-corrected chi connectivity index (χ0v) is 19.6. The topological polar surface area (TPSA) is 85.6 Å². The van der Waals surface area contributed by atoms with Gasteiger partial charge < -0.3 is 14.5 Å². The van der Waals surface area contributed by atoms with Gasteiger partial charge >= 0.3 is 0 Å². The van der Waals surface area contributed by atoms with Crippen molar-refractivity contribution in [3.05, 3.63) is 82.8 Å². The van der Waals surface area contributed by atoms with Gasteiger partial charge in [0.25, 0.3) is 5.91 Å². The van der Waals surface area contributed by atoms with Gasteiger partial charge in [0.15, 0.2) is 15.6 Å². The number of unbranched alkanes of at least 4 members (excludes halogenated alkanes) is 1. The molecule has 1 N–H and O–H groups in total. The SMILES string of the molecule is CCCCOc1ccc([C@H](C)NC(=O)c2ccc(CS(=O)(=O)c3ccc(Cl)cc3)o2)cc1. The number of carbonyl (C=O) groups excluding carboxylic acids is 1. The highest BCUT2D eigenvalue weighted by Gasteiger charge is 2.20. The number of rotatable bonds is 10. The van der Waals surface area contributed by atoms with Gasteiger partial charge in [-0.15, -0.1) is 0 Å². The Hall–Kier alpha value is -2.77. The summed E-state index contributed by atoms with van der Waals surface area (Å²) in [5, 5.41) is 3.31. The number of halogens is 1. The highest BCUT2D eigenvalue weighted by atomic mass is 35.5. The largest absolute Gasteiger partial charge is 0.494 e. The molecule has 8 heteroatoms. The number of ether oxygens (including phenoxy) is 1. The van der Waals surface area contributed by atoms with Gasteiger partial charge in [-0.25, -0.2) is 8.42 Å². The van der Waals surface area contributed by atoms with Crippen LogP contribution in [0.2, 0.25) is 5.02 Å². The fourth-order valence-electron chi connectivity index (χ4n) is 3.03. The average molecular weight is 476 g/mol. The second-order valence-electron chi connectivity index (χ2n) is 7.45. The van der Waals surface area contributed by atoms with Crippen molar-refractivity contribution in [1.82, 2.24) is 5.32 Å². The van der Waals surface area contributed by atoms with Gasteiger partial charge in [-0.3, -0.25) is 4.79 Å². The van der Waals surface area contributed by atoms with E-state index in [-0.39, 0.29) is 28.2 Å². The summed E-state index contributed by atoms with van der Waals surface area (Å²) in [5.74, 6) is 0.259. The molecule has 1 heterocycles. The number of hydrogen-bond acceptors (Lipinski definition) is 5. The molecular weight excluding hydrogens is 450 g/mol. The first-order valence-corrected chi connectivity index (χ1v) is 12.4. The molecule has 1 atom stereocenters. The predicted octanol–water partition coefficient (Wildman–Crippen LogP) is 5.58. The second-order valence-corrected chi connectivity index (χ2v) is 9.87. The Morgan fingerprint density at radius 2 is 1.75 bits per heavy atom. The van der Waals surface area contributed by atoms with Crippen LogP contribution in [0.3, 0.4) is 0 Å². The van der Waals surface area contributed by atoms with Crippen LogP contribution >= 0.6 is 11.6 Å². The highest BCUT2D eigenvalue weighted by molar-refractivity contribution is 7.90. The van der Waals surface area contributed by atoms with Crippen LogP contribution in [0.25, 0.3) is 0 Å². The zero-order valence-electron chi connectivity index (χ0n) is 18.0. The van der Waals surface area contributed by atoms with E-state index in [1.807, 2.05) is 31.2 Å². The van der Waals surface area contributed by atoms with Crippen LogP contribution in [0.5, 0.6) is 5.75 Å². The van der Waals surface area contributed by atoms with Gasteiger partial charge in [0.1, 0.15) is 17.3 Å². The maximum Gasteiger partial charge on any atom is 0.287 e. The van der Waals surface area contributed by atoms with Gasteiger partial charge in [0, 0.05) is 5.02 Å². The van der Waals surface area contributed by atoms with Crippen LogP contribution in [0, 0.1) is 0 Å². The summed E-state index contributed by atoms with van der Waals surface area (Å²) in [6.45, 7) is 4.65. The fraction of sp³-hybridized carbons (Fsp3) is 0.292. The minimum Gasteiger partial charge on any atom is -0.494 e. The first-order valence-electron chi connectivity index (χ1n) is 10.4. The fourth-order valence-corrected chi connectivity index (χ4v) is 4.40. The summed E-state index contributed by atoms with van der Waals surface area (Å²) in [5.41, 5.74) is 0.915. The normalized spacial score (nSPS) is 12.3. The summed E-state index contributed by atoms with van der Waals surface area (Å²) >= 11 is 5.82. The highest BCUT2D eigenvalue weighted by Crippen LogP contribution is 2.22. The molecule has 0 unspecified atom stereocenters. The molecule has 1 aromatic heterocycles. The van der Waals surface area contributed by atoms with Crippen molar-refractivity contribution in [2.75, 3.05) is 6.61 Å². The molecule has 0 fully saturated rings. The predicted molar refractivity (Wildman–Crippen MR) is 124 cm³/mol. The van der Waals surface area contributed by atoms with Crippen molar-refractivity contribution >= 4 is 27.3 Å². The monoisotopic (exact) mass is 475 g/mol. The molecule has 32 heavy (non-hydrogen) atoms. The van der Waals surface area contributed by atoms with E-state index >= 15 is 0 Å². The van der Waals surface area contributed by atoms with Crippen LogP contribution < -0.4 is 10.1 Å². The Labute approximate surface area is 193 Å². The van der Waals surface area contributed by atoms with E-state index in [4.69, 9.17) is 20.8 Å². The summed E-state index contributed by atoms with van der Waals surface area (Å²) in [6.07, 6.45) is 2.07. The molecule has 0 aliphatic carbocycles. The van der Waals surface area contributed by atoms with Gasteiger partial charge in [0.05, 0.1) is 17.5 Å². The van der Waals surface area contributed by atoms with E-state index < -0.39 is 15.7 Å². The zero-order chi connectivity index (χ0) is 23.1. The molecule has 0 radical (unpaired) electrons. The van der Waals surface area contributed by atoms with Crippen molar-refractivity contribution < 1.29 is 22.4 Å². The standard InChI is InChI=1S/C24H26ClNO5S/c1-3-4-15-30-20-9-5-18(6-10-20)17(2)26-24(27)23-14-11-21(31-23)16-32(28,29)22-12-7-19(25)8-13-22/h5-14,17H,3-4,15-16H2,1-2H3,(H,26,27)/t17-/m0/s1. The number of benzene rings is 2. The van der Waals surface area contributed by atoms with E-state index in [1.54, 1.807) is 0 Å². The van der Waals surface area contributed by atoms with E-state index in [9.17, 15) is 13.2 Å². The molecule has 1 amide bonds. The molecule has 3 rings (SSSR count). The minimum absolute atomic E-state index is 0.0534. The van der Waals surface area contributed by atoms with E-state index in [0.717, 1.165) is 24.2 Å². The molecule has 0 bridgehead atoms. The lowest BCUT2D eigenvalue weighted by Gasteiger charge is -2.14. The van der Waals surface area contributed by atoms with Crippen LogP contribution in [-0.4, -0.2) is 20.9 Å². The molecule has 2 aromatic carbocycles. The minimum atomic E-state index is -3.62. The van der Waals surface area contributed by atoms with Gasteiger partial charge in [0.2, 0.25) is 0 Å². The summed E-state index contributed by atoms with van der Waals surface area (Å²) in [6, 6.07) is 16.2. The molecule has 3 aromatic rings. The number of furan rings is 1. The number of nitrogens with one attached hydrogen (secondary N) is 1. The molecule has 0 aliphatic heterocycles. The maximum atomic E-state index is 12.6. The summed E-state index contributed by atoms with van der Waals surface area (Å²) in [4.78, 5) is 12.7. The van der Waals surface area contributed by atoms with Gasteiger partial charge in [-0.1, -0.05) is 37.1 Å². The average Bonchev–Trinajstić information content (AvgIpc) is 3.22. The Bertz CT molecular complexity index is 1140. The molecule has 0 saturated heterocycles. The van der Waals surface area contributed by atoms with Crippen LogP contribution in [0.1, 0.15) is 54.6 Å². The summed E-state index contributed by atoms with van der Waals surface area (Å²) < 4.78 is 36.3. The van der Waals surface area contributed by atoms with Crippen molar-refractivity contribution in [2.45, 2.75) is 43.4 Å². The summed E-state index contributed by atoms with van der Waals surface area (Å²) in [7, 11) is -3.62. The Morgan fingerprint density at radius 3 is 2.41 bits per heavy atom. The Kier molecular flexibility index (Phi) is 7.99. The van der Waals surface area contributed by atoms with Crippen LogP contribution in [0.15, 0.2) is 70.0 Å². The number of sulfone groups is 1. The van der Waals surface area contributed by atoms with Crippen LogP contribution in [0.4, 0.5) is 0 Å². The lowest BCUT2D eigenvalue weighted by Crippen LogP contribution is -2.26. The molecule has 0 aliphatic rings. The lowest BCUT2D eigenvalue weighted by molar-refractivity contribution is 0.0910. The first kappa shape index (κ1) is 23.9. The Balaban J connectivity index is 1.60. The third kappa shape index (κ3) is 6.37. The van der Waals surface area contributed by atoms with Gasteiger partial charge in [-0.05, 0) is 67.4 Å². The molecule has 0 spiro atoms. The third-order valence-electron chi connectivity index (χ3n) is 4.88. The number of hydrogen-bond donors (Lipinski definition) is 1. The molecular formula is C24H26ClNO5S. The maximum absolute atomic E-state index is 12.6. The van der Waals surface area contributed by atoms with E-state index in [2.05, 4.69) is 12.2 Å². The smallest absolute Gasteiger partial charge is 0.287 e. The van der Waals surface area contributed by atoms with Crippen molar-refractivity contribution in [3.8, 4) is 5.75 Å². The third-order valence-corrected chi connectivity index (χ3v) is 6.79. The number of amides is 1. The van der Waals surface area contributed by atoms with E-state index in [0.29, 0.717) is 11.6 Å². The molecule has 6 nitrogen and oxygen atoms in total. The van der Waals surface area contributed by atoms with Crippen LogP contribution in [-0.2, 0) is 15.6 Å². The number of carbonyl (C=O) groups is 1. The quantitative estimate of drug-likeness (QED) is 0.387. The van der Waals surface area contributed by atoms with E-state index in [1.165, 1.54) is 36.4 Å². The lowest BCUT2D eigenvalue weighted by atomic mass is 10.1. The first-order chi connectivity index (χ1) is 15.3. The Morgan fingerprint density at radius 1 is 1.06 bits per heavy atom. The van der Waals surface area contributed by atoms with Gasteiger partial charge in [-0.2, -0.15) is 0 Å². The van der Waals surface area contributed by atoms with Crippen molar-refractivity contribution in [3.63, 3.8) is 0 Å². The molecule has 0 saturated carbocycles. The van der Waals surface area contributed by atoms with Crippen molar-refractivity contribution in [1.29, 1.82) is 0 Å².